The zero-order valence-electron chi connectivity index (χ0n) is 13.1. The fourth-order valence-electron chi connectivity index (χ4n) is 2.47. The van der Waals surface area contributed by atoms with Gasteiger partial charge in [0.2, 0.25) is 5.76 Å². The summed E-state index contributed by atoms with van der Waals surface area (Å²) in [6, 6.07) is 7.14. The zero-order chi connectivity index (χ0) is 18.9. The summed E-state index contributed by atoms with van der Waals surface area (Å²) in [6.07, 6.45) is -4.48. The predicted octanol–water partition coefficient (Wildman–Crippen LogP) is 4.06. The number of nitrogens with one attached hydrogen (secondary N) is 1. The minimum absolute atomic E-state index is 0.0456. The first-order valence-electron chi connectivity index (χ1n) is 7.41. The van der Waals surface area contributed by atoms with Crippen molar-refractivity contribution in [1.82, 2.24) is 15.0 Å². The molecule has 0 aliphatic carbocycles. The Labute approximate surface area is 143 Å². The van der Waals surface area contributed by atoms with Crippen molar-refractivity contribution < 1.29 is 31.3 Å². The van der Waals surface area contributed by atoms with Gasteiger partial charge in [0.05, 0.1) is 17.6 Å². The minimum atomic E-state index is -4.45. The highest BCUT2D eigenvalue weighted by atomic mass is 19.4. The van der Waals surface area contributed by atoms with Gasteiger partial charge >= 0.3 is 12.7 Å². The van der Waals surface area contributed by atoms with Crippen LogP contribution in [0.4, 0.5) is 22.0 Å². The van der Waals surface area contributed by atoms with E-state index in [-0.39, 0.29) is 12.3 Å². The third-order valence-corrected chi connectivity index (χ3v) is 3.61. The Kier molecular flexibility index (Phi) is 4.66. The van der Waals surface area contributed by atoms with E-state index in [0.29, 0.717) is 16.5 Å². The Bertz CT molecular complexity index is 930. The van der Waals surface area contributed by atoms with Crippen LogP contribution in [0.5, 0.6) is 0 Å². The van der Waals surface area contributed by atoms with E-state index < -0.39 is 30.7 Å². The summed E-state index contributed by atoms with van der Waals surface area (Å²) >= 11 is 0. The molecule has 0 saturated heterocycles. The molecule has 10 heteroatoms. The summed E-state index contributed by atoms with van der Waals surface area (Å²) in [6.45, 7) is -2.61. The number of fused-ring (bicyclic) bond motifs is 1. The topological polar surface area (TPSA) is 60.1 Å². The fraction of sp³-hybridized carbons (Fsp3) is 0.250. The molecule has 1 N–H and O–H groups in total. The van der Waals surface area contributed by atoms with Gasteiger partial charge in [-0.05, 0) is 23.8 Å². The van der Waals surface area contributed by atoms with Crippen molar-refractivity contribution in [2.75, 3.05) is 0 Å². The molecule has 3 aromatic rings. The molecule has 2 heterocycles. The van der Waals surface area contributed by atoms with Crippen LogP contribution in [0.15, 0.2) is 41.1 Å². The Morgan fingerprint density at radius 3 is 2.69 bits per heavy atom. The summed E-state index contributed by atoms with van der Waals surface area (Å²) < 4.78 is 67.8. The molecule has 0 unspecified atom stereocenters. The van der Waals surface area contributed by atoms with E-state index in [4.69, 9.17) is 0 Å². The van der Waals surface area contributed by atoms with Crippen LogP contribution < -0.4 is 5.32 Å². The lowest BCUT2D eigenvalue weighted by Gasteiger charge is -2.06. The van der Waals surface area contributed by atoms with Crippen LogP contribution in [0, 0.1) is 0 Å². The Balaban J connectivity index is 1.65. The second-order valence-electron chi connectivity index (χ2n) is 5.55. The lowest BCUT2D eigenvalue weighted by molar-refractivity contribution is -0.128. The van der Waals surface area contributed by atoms with Crippen molar-refractivity contribution in [3.05, 3.63) is 53.5 Å². The number of hydrogen-bond acceptors (Lipinski definition) is 3. The normalized spacial score (nSPS) is 12.1. The first kappa shape index (κ1) is 17.9. The van der Waals surface area contributed by atoms with E-state index in [2.05, 4.69) is 15.0 Å². The van der Waals surface area contributed by atoms with Crippen molar-refractivity contribution in [2.45, 2.75) is 25.7 Å². The van der Waals surface area contributed by atoms with Crippen LogP contribution in [0.25, 0.3) is 10.9 Å². The molecule has 0 bridgehead atoms. The van der Waals surface area contributed by atoms with Crippen LogP contribution in [-0.2, 0) is 13.0 Å². The zero-order valence-corrected chi connectivity index (χ0v) is 13.1. The molecule has 0 atom stereocenters. The number of aromatic nitrogens is 2. The number of carbonyl (C=O) groups is 1. The number of benzene rings is 1. The lowest BCUT2D eigenvalue weighted by atomic mass is 10.1. The molecule has 26 heavy (non-hydrogen) atoms. The van der Waals surface area contributed by atoms with E-state index in [1.165, 1.54) is 18.3 Å². The largest absolute Gasteiger partial charge is 0.394 e. The van der Waals surface area contributed by atoms with Crippen LogP contribution in [0.2, 0.25) is 0 Å². The van der Waals surface area contributed by atoms with Gasteiger partial charge in [-0.25, -0.2) is 0 Å². The lowest BCUT2D eigenvalue weighted by Crippen LogP contribution is -2.22. The highest BCUT2D eigenvalue weighted by Crippen LogP contribution is 2.23. The number of hydrogen-bond donors (Lipinski definition) is 1. The van der Waals surface area contributed by atoms with Crippen molar-refractivity contribution in [3.8, 4) is 0 Å². The molecular formula is C16H12F5N3O2. The fourth-order valence-corrected chi connectivity index (χ4v) is 2.47. The number of rotatable bonds is 5. The van der Waals surface area contributed by atoms with Gasteiger partial charge in [-0.2, -0.15) is 22.0 Å². The molecule has 0 saturated carbocycles. The van der Waals surface area contributed by atoms with Crippen molar-refractivity contribution in [3.63, 3.8) is 0 Å². The average Bonchev–Trinajstić information content (AvgIpc) is 3.17. The van der Waals surface area contributed by atoms with Crippen molar-refractivity contribution in [1.29, 1.82) is 0 Å². The first-order valence-corrected chi connectivity index (χ1v) is 7.41. The average molecular weight is 373 g/mol. The Morgan fingerprint density at radius 1 is 1.23 bits per heavy atom. The highest BCUT2D eigenvalue weighted by molar-refractivity contribution is 5.91. The SMILES string of the molecule is O=C(NCc1ccc2c(ccn2C(F)F)c1)c1cc(CC(F)(F)F)no1. The summed E-state index contributed by atoms with van der Waals surface area (Å²) in [5, 5.41) is 6.26. The molecule has 5 nitrogen and oxygen atoms in total. The number of alkyl halides is 5. The van der Waals surface area contributed by atoms with Gasteiger partial charge < -0.3 is 9.84 Å². The van der Waals surface area contributed by atoms with Gasteiger partial charge in [-0.3, -0.25) is 9.36 Å². The molecule has 0 aliphatic rings. The van der Waals surface area contributed by atoms with Gasteiger partial charge in [-0.1, -0.05) is 11.2 Å². The second kappa shape index (κ2) is 6.77. The number of carbonyl (C=O) groups excluding carboxylic acids is 1. The Morgan fingerprint density at radius 2 is 2.00 bits per heavy atom. The van der Waals surface area contributed by atoms with Gasteiger partial charge in [-0.15, -0.1) is 0 Å². The van der Waals surface area contributed by atoms with E-state index >= 15 is 0 Å². The standard InChI is InChI=1S/C16H12F5N3O2/c17-15(18)24-4-3-10-5-9(1-2-12(10)24)8-22-14(25)13-6-11(23-26-13)7-16(19,20)21/h1-6,15H,7-8H2,(H,22,25). The third kappa shape index (κ3) is 4.01. The minimum Gasteiger partial charge on any atom is -0.351 e. The molecule has 138 valence electrons. The van der Waals surface area contributed by atoms with Gasteiger partial charge in [0.15, 0.2) is 0 Å². The van der Waals surface area contributed by atoms with E-state index in [1.54, 1.807) is 12.1 Å². The molecule has 1 aromatic carbocycles. The van der Waals surface area contributed by atoms with Crippen molar-refractivity contribution >= 4 is 16.8 Å². The van der Waals surface area contributed by atoms with Crippen LogP contribution in [0.3, 0.4) is 0 Å². The molecule has 0 spiro atoms. The summed E-state index contributed by atoms with van der Waals surface area (Å²) in [5.74, 6) is -1.06. The second-order valence-corrected chi connectivity index (χ2v) is 5.55. The van der Waals surface area contributed by atoms with Gasteiger partial charge in [0.25, 0.3) is 5.91 Å². The number of nitrogens with zero attached hydrogens (tertiary/aromatic N) is 2. The molecular weight excluding hydrogens is 361 g/mol. The van der Waals surface area contributed by atoms with Crippen LogP contribution in [-0.4, -0.2) is 21.8 Å². The van der Waals surface area contributed by atoms with Gasteiger partial charge in [0, 0.05) is 24.2 Å². The molecule has 0 fully saturated rings. The first-order chi connectivity index (χ1) is 12.2. The number of amides is 1. The third-order valence-electron chi connectivity index (χ3n) is 3.61. The quantitative estimate of drug-likeness (QED) is 0.686. The molecule has 3 rings (SSSR count). The molecule has 0 aliphatic heterocycles. The smallest absolute Gasteiger partial charge is 0.351 e. The number of halogens is 5. The summed E-state index contributed by atoms with van der Waals surface area (Å²) in [4.78, 5) is 11.9. The van der Waals surface area contributed by atoms with E-state index in [0.717, 1.165) is 10.6 Å². The maximum absolute atomic E-state index is 12.8. The van der Waals surface area contributed by atoms with Crippen molar-refractivity contribution in [2.24, 2.45) is 0 Å². The van der Waals surface area contributed by atoms with Crippen LogP contribution >= 0.6 is 0 Å². The molecule has 1 amide bonds. The maximum Gasteiger partial charge on any atom is 0.394 e. The predicted molar refractivity (Wildman–Crippen MR) is 80.6 cm³/mol. The monoisotopic (exact) mass is 373 g/mol. The maximum atomic E-state index is 12.8. The summed E-state index contributed by atoms with van der Waals surface area (Å²) in [5.41, 5.74) is 0.590. The van der Waals surface area contributed by atoms with E-state index in [9.17, 15) is 26.7 Å². The summed E-state index contributed by atoms with van der Waals surface area (Å²) in [7, 11) is 0. The highest BCUT2D eigenvalue weighted by Gasteiger charge is 2.30. The van der Waals surface area contributed by atoms with Crippen LogP contribution in [0.1, 0.15) is 28.4 Å². The van der Waals surface area contributed by atoms with Gasteiger partial charge in [0.1, 0.15) is 0 Å². The van der Waals surface area contributed by atoms with E-state index in [1.807, 2.05) is 0 Å². The Hall–Kier alpha value is -2.91. The molecule has 2 aromatic heterocycles. The molecule has 0 radical (unpaired) electrons.